The minimum absolute atomic E-state index is 0.0753. The van der Waals surface area contributed by atoms with Crippen molar-refractivity contribution in [3.05, 3.63) is 15.4 Å². The first-order valence-corrected chi connectivity index (χ1v) is 8.49. The van der Waals surface area contributed by atoms with Crippen LogP contribution < -0.4 is 4.72 Å². The van der Waals surface area contributed by atoms with Gasteiger partial charge in [-0.1, -0.05) is 30.1 Å². The fourth-order valence-corrected chi connectivity index (χ4v) is 4.82. The van der Waals surface area contributed by atoms with Crippen LogP contribution in [0.4, 0.5) is 0 Å². The van der Waals surface area contributed by atoms with Gasteiger partial charge in [0.05, 0.1) is 10.0 Å². The van der Waals surface area contributed by atoms with Crippen molar-refractivity contribution < 1.29 is 8.42 Å². The Morgan fingerprint density at radius 1 is 1.44 bits per heavy atom. The van der Waals surface area contributed by atoms with Gasteiger partial charge in [-0.05, 0) is 20.5 Å². The summed E-state index contributed by atoms with van der Waals surface area (Å²) >= 11 is 12.7. The second-order valence-corrected chi connectivity index (χ2v) is 7.75. The Labute approximate surface area is 122 Å². The van der Waals surface area contributed by atoms with E-state index in [9.17, 15) is 8.42 Å². The first kappa shape index (κ1) is 16.2. The molecule has 0 radical (unpaired) electrons. The number of hydrogen-bond donors (Lipinski definition) is 1. The smallest absolute Gasteiger partial charge is 0.251 e. The van der Waals surface area contributed by atoms with Crippen LogP contribution in [-0.4, -0.2) is 40.0 Å². The highest BCUT2D eigenvalue weighted by Crippen LogP contribution is 2.35. The quantitative estimate of drug-likeness (QED) is 0.872. The Morgan fingerprint density at radius 3 is 2.44 bits per heavy atom. The minimum atomic E-state index is -3.60. The summed E-state index contributed by atoms with van der Waals surface area (Å²) in [7, 11) is 0.188. The van der Waals surface area contributed by atoms with Crippen molar-refractivity contribution in [1.82, 2.24) is 9.62 Å². The normalized spacial score (nSPS) is 14.1. The van der Waals surface area contributed by atoms with Crippen LogP contribution in [0.1, 0.15) is 13.3 Å². The van der Waals surface area contributed by atoms with Crippen molar-refractivity contribution in [3.8, 4) is 0 Å². The maximum absolute atomic E-state index is 12.2. The van der Waals surface area contributed by atoms with Crippen molar-refractivity contribution >= 4 is 44.6 Å². The Hall–Kier alpha value is 0.150. The molecular formula is C10H16Cl2N2O2S2. The Kier molecular flexibility index (Phi) is 5.89. The molecule has 0 saturated carbocycles. The predicted molar refractivity (Wildman–Crippen MR) is 77.3 cm³/mol. The lowest BCUT2D eigenvalue weighted by Crippen LogP contribution is -2.41. The maximum Gasteiger partial charge on any atom is 0.251 e. The van der Waals surface area contributed by atoms with E-state index in [1.807, 2.05) is 25.9 Å². The molecule has 0 aromatic carbocycles. The highest BCUT2D eigenvalue weighted by Gasteiger charge is 2.25. The van der Waals surface area contributed by atoms with Gasteiger partial charge in [0.15, 0.2) is 4.21 Å². The first-order valence-electron chi connectivity index (χ1n) is 5.37. The molecule has 0 aliphatic carbocycles. The molecule has 0 spiro atoms. The fraction of sp³-hybridized carbons (Fsp3) is 0.600. The number of rotatable bonds is 6. The average molecular weight is 331 g/mol. The van der Waals surface area contributed by atoms with E-state index in [1.54, 1.807) is 0 Å². The standard InChI is InChI=1S/C10H16Cl2N2O2S2/c1-4-7(5-14(2)3)13-18(15,16)10-9(12)8(11)6-17-10/h6-7,13H,4-5H2,1-3H3/t7-/m1/s1. The number of sulfonamides is 1. The molecule has 104 valence electrons. The van der Waals surface area contributed by atoms with Crippen molar-refractivity contribution in [2.75, 3.05) is 20.6 Å². The van der Waals surface area contributed by atoms with Crippen LogP contribution >= 0.6 is 34.5 Å². The number of nitrogens with one attached hydrogen (secondary N) is 1. The van der Waals surface area contributed by atoms with E-state index in [2.05, 4.69) is 4.72 Å². The highest BCUT2D eigenvalue weighted by molar-refractivity contribution is 7.91. The minimum Gasteiger partial charge on any atom is -0.308 e. The molecule has 1 aromatic heterocycles. The lowest BCUT2D eigenvalue weighted by atomic mass is 10.2. The molecule has 0 amide bonds. The zero-order chi connectivity index (χ0) is 13.9. The van der Waals surface area contributed by atoms with Crippen LogP contribution in [0.2, 0.25) is 10.0 Å². The Morgan fingerprint density at radius 2 is 2.06 bits per heavy atom. The summed E-state index contributed by atoms with van der Waals surface area (Å²) in [6.45, 7) is 2.56. The first-order chi connectivity index (χ1) is 8.27. The second kappa shape index (κ2) is 6.54. The number of thiophene rings is 1. The van der Waals surface area contributed by atoms with E-state index < -0.39 is 10.0 Å². The molecule has 0 aliphatic heterocycles. The van der Waals surface area contributed by atoms with Gasteiger partial charge in [0.1, 0.15) is 0 Å². The summed E-state index contributed by atoms with van der Waals surface area (Å²) in [5.41, 5.74) is 0. The van der Waals surface area contributed by atoms with Crippen molar-refractivity contribution in [3.63, 3.8) is 0 Å². The number of likely N-dealkylation sites (N-methyl/N-ethyl adjacent to an activating group) is 1. The molecule has 1 N–H and O–H groups in total. The maximum atomic E-state index is 12.2. The Bertz CT molecular complexity index is 500. The van der Waals surface area contributed by atoms with Gasteiger partial charge in [-0.25, -0.2) is 13.1 Å². The van der Waals surface area contributed by atoms with E-state index in [1.165, 1.54) is 5.38 Å². The van der Waals surface area contributed by atoms with Crippen LogP contribution in [0, 0.1) is 0 Å². The van der Waals surface area contributed by atoms with Gasteiger partial charge < -0.3 is 4.90 Å². The fourth-order valence-electron chi connectivity index (χ4n) is 1.45. The summed E-state index contributed by atoms with van der Waals surface area (Å²) in [5.74, 6) is 0. The third kappa shape index (κ3) is 4.08. The van der Waals surface area contributed by atoms with Gasteiger partial charge in [-0.2, -0.15) is 0 Å². The number of nitrogens with zero attached hydrogens (tertiary/aromatic N) is 1. The lowest BCUT2D eigenvalue weighted by molar-refractivity contribution is 0.354. The summed E-state index contributed by atoms with van der Waals surface area (Å²) in [4.78, 5) is 1.93. The number of hydrogen-bond acceptors (Lipinski definition) is 4. The third-order valence-corrected chi connectivity index (χ3v) is 6.50. The van der Waals surface area contributed by atoms with Crippen LogP contribution in [-0.2, 0) is 10.0 Å². The summed E-state index contributed by atoms with van der Waals surface area (Å²) < 4.78 is 27.0. The SMILES string of the molecule is CC[C@H](CN(C)C)NS(=O)(=O)c1scc(Cl)c1Cl. The molecule has 0 unspecified atom stereocenters. The highest BCUT2D eigenvalue weighted by atomic mass is 35.5. The van der Waals surface area contributed by atoms with Crippen LogP contribution in [0.15, 0.2) is 9.59 Å². The average Bonchev–Trinajstić information content (AvgIpc) is 2.58. The van der Waals surface area contributed by atoms with E-state index in [-0.39, 0.29) is 20.3 Å². The molecular weight excluding hydrogens is 315 g/mol. The van der Waals surface area contributed by atoms with E-state index in [4.69, 9.17) is 23.2 Å². The monoisotopic (exact) mass is 330 g/mol. The van der Waals surface area contributed by atoms with Crippen LogP contribution in [0.5, 0.6) is 0 Å². The van der Waals surface area contributed by atoms with Gasteiger partial charge in [-0.15, -0.1) is 11.3 Å². The predicted octanol–water partition coefficient (Wildman–Crippen LogP) is 2.67. The summed E-state index contributed by atoms with van der Waals surface area (Å²) in [6, 6.07) is -0.151. The van der Waals surface area contributed by atoms with Crippen LogP contribution in [0.25, 0.3) is 0 Å². The van der Waals surface area contributed by atoms with Crippen molar-refractivity contribution in [1.29, 1.82) is 0 Å². The van der Waals surface area contributed by atoms with Gasteiger partial charge in [0, 0.05) is 18.0 Å². The molecule has 18 heavy (non-hydrogen) atoms. The van der Waals surface area contributed by atoms with Crippen LogP contribution in [0.3, 0.4) is 0 Å². The third-order valence-electron chi connectivity index (χ3n) is 2.30. The molecule has 1 aromatic rings. The second-order valence-electron chi connectivity index (χ2n) is 4.17. The van der Waals surface area contributed by atoms with Crippen molar-refractivity contribution in [2.24, 2.45) is 0 Å². The molecule has 1 atom stereocenters. The molecule has 8 heteroatoms. The zero-order valence-electron chi connectivity index (χ0n) is 10.4. The number of halogens is 2. The lowest BCUT2D eigenvalue weighted by Gasteiger charge is -2.20. The van der Waals surface area contributed by atoms with Gasteiger partial charge in [0.2, 0.25) is 0 Å². The molecule has 4 nitrogen and oxygen atoms in total. The zero-order valence-corrected chi connectivity index (χ0v) is 13.5. The summed E-state index contributed by atoms with van der Waals surface area (Å²) in [5, 5.41) is 1.88. The molecule has 0 saturated heterocycles. The molecule has 1 heterocycles. The van der Waals surface area contributed by atoms with Gasteiger partial charge >= 0.3 is 0 Å². The molecule has 1 rings (SSSR count). The van der Waals surface area contributed by atoms with Crippen molar-refractivity contribution in [2.45, 2.75) is 23.6 Å². The molecule has 0 fully saturated rings. The Balaban J connectivity index is 2.91. The van der Waals surface area contributed by atoms with E-state index >= 15 is 0 Å². The molecule has 0 bridgehead atoms. The van der Waals surface area contributed by atoms with Gasteiger partial charge in [0.25, 0.3) is 10.0 Å². The van der Waals surface area contributed by atoms with E-state index in [0.717, 1.165) is 11.3 Å². The topological polar surface area (TPSA) is 49.4 Å². The summed E-state index contributed by atoms with van der Waals surface area (Å²) in [6.07, 6.45) is 0.703. The van der Waals surface area contributed by atoms with E-state index in [0.29, 0.717) is 13.0 Å². The largest absolute Gasteiger partial charge is 0.308 e. The van der Waals surface area contributed by atoms with Gasteiger partial charge in [-0.3, -0.25) is 0 Å². The molecule has 0 aliphatic rings.